The van der Waals surface area contributed by atoms with E-state index < -0.39 is 18.2 Å². The molecule has 6 nitrogen and oxygen atoms in total. The van der Waals surface area contributed by atoms with Crippen molar-refractivity contribution < 1.29 is 24.5 Å². The first-order valence-electron chi connectivity index (χ1n) is 27.5. The summed E-state index contributed by atoms with van der Waals surface area (Å²) in [5, 5.41) is 23.8. The molecule has 0 saturated heterocycles. The van der Waals surface area contributed by atoms with E-state index in [4.69, 9.17) is 4.74 Å². The monoisotopic (exact) mass is 896 g/mol. The average Bonchev–Trinajstić information content (AvgIpc) is 3.29. The molecular weight excluding hydrogens is 791 g/mol. The first-order valence-corrected chi connectivity index (χ1v) is 27.5. The highest BCUT2D eigenvalue weighted by Crippen LogP contribution is 2.18. The Morgan fingerprint density at radius 3 is 1.39 bits per heavy atom. The Kier molecular flexibility index (Phi) is 49.6. The molecule has 0 aromatic heterocycles. The number of unbranched alkanes of at least 4 members (excludes halogenated alkanes) is 28. The van der Waals surface area contributed by atoms with Crippen molar-refractivity contribution in [2.24, 2.45) is 0 Å². The SMILES string of the molecule is CC/C=C/C/C=C/C/C=C/CCCCCCC(=O)OC(CCCCC/C=C/C=C/CCCCCCCCC)CC(=O)NC(CO)C(O)CCCCCCCCCCCCCCCCC. The first kappa shape index (κ1) is 61.6. The summed E-state index contributed by atoms with van der Waals surface area (Å²) in [7, 11) is 0. The summed E-state index contributed by atoms with van der Waals surface area (Å²) in [6.07, 6.45) is 64.2. The molecule has 0 spiro atoms. The Hall–Kier alpha value is -2.44. The lowest BCUT2D eigenvalue weighted by molar-refractivity contribution is -0.151. The third kappa shape index (κ3) is 46.1. The van der Waals surface area contributed by atoms with Gasteiger partial charge in [0.05, 0.1) is 25.2 Å². The summed E-state index contributed by atoms with van der Waals surface area (Å²) in [5.74, 6) is -0.521. The summed E-state index contributed by atoms with van der Waals surface area (Å²) < 4.78 is 5.93. The predicted molar refractivity (Wildman–Crippen MR) is 278 cm³/mol. The summed E-state index contributed by atoms with van der Waals surface area (Å²) in [6.45, 7) is 6.37. The number of allylic oxidation sites excluding steroid dienone is 10. The molecule has 3 atom stereocenters. The molecule has 0 rings (SSSR count). The third-order valence-electron chi connectivity index (χ3n) is 12.4. The molecule has 3 unspecified atom stereocenters. The molecule has 0 heterocycles. The minimum absolute atomic E-state index is 0.0499. The number of rotatable bonds is 49. The third-order valence-corrected chi connectivity index (χ3v) is 12.4. The predicted octanol–water partition coefficient (Wildman–Crippen LogP) is 16.8. The molecule has 0 aromatic carbocycles. The highest BCUT2D eigenvalue weighted by molar-refractivity contribution is 5.77. The molecule has 372 valence electrons. The second kappa shape index (κ2) is 51.5. The van der Waals surface area contributed by atoms with Gasteiger partial charge in [0, 0.05) is 6.42 Å². The van der Waals surface area contributed by atoms with Crippen molar-refractivity contribution in [3.8, 4) is 0 Å². The quantitative estimate of drug-likeness (QED) is 0.0245. The molecule has 0 saturated carbocycles. The van der Waals surface area contributed by atoms with Crippen LogP contribution in [0.3, 0.4) is 0 Å². The van der Waals surface area contributed by atoms with Crippen LogP contribution in [0.25, 0.3) is 0 Å². The van der Waals surface area contributed by atoms with E-state index in [1.54, 1.807) is 0 Å². The summed E-state index contributed by atoms with van der Waals surface area (Å²) in [4.78, 5) is 26.2. The van der Waals surface area contributed by atoms with Crippen molar-refractivity contribution in [1.82, 2.24) is 5.32 Å². The van der Waals surface area contributed by atoms with Crippen LogP contribution in [-0.2, 0) is 14.3 Å². The molecule has 0 fully saturated rings. The second-order valence-corrected chi connectivity index (χ2v) is 18.6. The van der Waals surface area contributed by atoms with Crippen LogP contribution in [-0.4, -0.2) is 46.9 Å². The standard InChI is InChI=1S/C58H105NO5/c1-4-7-10-13-16-19-22-25-28-30-31-34-37-40-43-46-49-54(64-58(63)51-48-45-42-39-36-33-27-24-21-18-15-12-9-6-3)52-57(62)59-55(53-60)56(61)50-47-44-41-38-35-32-29-26-23-20-17-14-11-8-5-2/h9,12,18,21,27-28,30-31,33-34,54-56,60-61H,4-8,10-11,13-17,19-20,22-26,29,32,35-53H2,1-3H3,(H,59,62)/b12-9+,21-18+,30-28+,33-27+,34-31+. The van der Waals surface area contributed by atoms with E-state index in [0.717, 1.165) is 103 Å². The first-order chi connectivity index (χ1) is 31.5. The zero-order valence-electron chi connectivity index (χ0n) is 42.4. The number of amides is 1. The minimum Gasteiger partial charge on any atom is -0.462 e. The summed E-state index contributed by atoms with van der Waals surface area (Å²) in [5.41, 5.74) is 0. The molecule has 0 bridgehead atoms. The number of hydrogen-bond acceptors (Lipinski definition) is 5. The Morgan fingerprint density at radius 2 is 0.891 bits per heavy atom. The lowest BCUT2D eigenvalue weighted by atomic mass is 10.0. The van der Waals surface area contributed by atoms with Gasteiger partial charge in [-0.1, -0.05) is 236 Å². The van der Waals surface area contributed by atoms with E-state index in [-0.39, 0.29) is 24.9 Å². The van der Waals surface area contributed by atoms with Gasteiger partial charge in [-0.3, -0.25) is 9.59 Å². The number of nitrogens with one attached hydrogen (secondary N) is 1. The van der Waals surface area contributed by atoms with Crippen molar-refractivity contribution >= 4 is 11.9 Å². The van der Waals surface area contributed by atoms with Gasteiger partial charge in [0.15, 0.2) is 0 Å². The maximum atomic E-state index is 13.2. The number of aliphatic hydroxyl groups is 2. The molecule has 6 heteroatoms. The van der Waals surface area contributed by atoms with Crippen molar-refractivity contribution in [1.29, 1.82) is 0 Å². The van der Waals surface area contributed by atoms with Gasteiger partial charge in [0.25, 0.3) is 0 Å². The van der Waals surface area contributed by atoms with Crippen LogP contribution >= 0.6 is 0 Å². The van der Waals surface area contributed by atoms with Gasteiger partial charge in [-0.15, -0.1) is 0 Å². The molecule has 0 aliphatic carbocycles. The highest BCUT2D eigenvalue weighted by Gasteiger charge is 2.24. The van der Waals surface area contributed by atoms with E-state index in [9.17, 15) is 19.8 Å². The van der Waals surface area contributed by atoms with Crippen molar-refractivity contribution in [3.63, 3.8) is 0 Å². The minimum atomic E-state index is -0.801. The lowest BCUT2D eigenvalue weighted by Gasteiger charge is -2.24. The number of ether oxygens (including phenoxy) is 1. The summed E-state index contributed by atoms with van der Waals surface area (Å²) >= 11 is 0. The van der Waals surface area contributed by atoms with Gasteiger partial charge < -0.3 is 20.3 Å². The molecular formula is C58H105NO5. The molecule has 0 aliphatic heterocycles. The van der Waals surface area contributed by atoms with E-state index in [0.29, 0.717) is 19.3 Å². The maximum Gasteiger partial charge on any atom is 0.306 e. The van der Waals surface area contributed by atoms with Gasteiger partial charge in [0.2, 0.25) is 5.91 Å². The zero-order chi connectivity index (χ0) is 46.7. The number of carbonyl (C=O) groups is 2. The molecule has 0 aliphatic rings. The molecule has 0 aromatic rings. The Bertz CT molecular complexity index is 1140. The van der Waals surface area contributed by atoms with Crippen LogP contribution in [0.4, 0.5) is 0 Å². The van der Waals surface area contributed by atoms with Crippen LogP contribution < -0.4 is 5.32 Å². The van der Waals surface area contributed by atoms with Gasteiger partial charge >= 0.3 is 5.97 Å². The van der Waals surface area contributed by atoms with E-state index in [2.05, 4.69) is 86.8 Å². The van der Waals surface area contributed by atoms with Gasteiger partial charge in [-0.2, -0.15) is 0 Å². The molecule has 3 N–H and O–H groups in total. The number of carbonyl (C=O) groups excluding carboxylic acids is 2. The fraction of sp³-hybridized carbons (Fsp3) is 0.793. The average molecular weight is 896 g/mol. The topological polar surface area (TPSA) is 95.9 Å². The Labute approximate surface area is 397 Å². The Balaban J connectivity index is 4.64. The van der Waals surface area contributed by atoms with Crippen LogP contribution in [0, 0.1) is 0 Å². The van der Waals surface area contributed by atoms with Crippen LogP contribution in [0.2, 0.25) is 0 Å². The smallest absolute Gasteiger partial charge is 0.306 e. The van der Waals surface area contributed by atoms with Gasteiger partial charge in [0.1, 0.15) is 6.10 Å². The van der Waals surface area contributed by atoms with Crippen LogP contribution in [0.5, 0.6) is 0 Å². The van der Waals surface area contributed by atoms with E-state index in [1.807, 2.05) is 0 Å². The molecule has 1 amide bonds. The number of esters is 1. The number of hydrogen-bond donors (Lipinski definition) is 3. The van der Waals surface area contributed by atoms with Crippen molar-refractivity contribution in [2.45, 2.75) is 289 Å². The largest absolute Gasteiger partial charge is 0.462 e. The fourth-order valence-corrected chi connectivity index (χ4v) is 8.20. The van der Waals surface area contributed by atoms with Crippen LogP contribution in [0.15, 0.2) is 60.8 Å². The molecule has 64 heavy (non-hydrogen) atoms. The van der Waals surface area contributed by atoms with Crippen molar-refractivity contribution in [2.75, 3.05) is 6.61 Å². The van der Waals surface area contributed by atoms with Gasteiger partial charge in [-0.05, 0) is 83.5 Å². The van der Waals surface area contributed by atoms with Gasteiger partial charge in [-0.25, -0.2) is 0 Å². The maximum absolute atomic E-state index is 13.2. The normalized spacial score (nSPS) is 13.6. The molecule has 0 radical (unpaired) electrons. The van der Waals surface area contributed by atoms with Crippen molar-refractivity contribution in [3.05, 3.63) is 60.8 Å². The van der Waals surface area contributed by atoms with E-state index >= 15 is 0 Å². The highest BCUT2D eigenvalue weighted by atomic mass is 16.5. The van der Waals surface area contributed by atoms with E-state index in [1.165, 1.54) is 122 Å². The Morgan fingerprint density at radius 1 is 0.484 bits per heavy atom. The zero-order valence-corrected chi connectivity index (χ0v) is 42.4. The second-order valence-electron chi connectivity index (χ2n) is 18.6. The summed E-state index contributed by atoms with van der Waals surface area (Å²) in [6, 6.07) is -0.717. The fourth-order valence-electron chi connectivity index (χ4n) is 8.20. The lowest BCUT2D eigenvalue weighted by Crippen LogP contribution is -2.46. The number of aliphatic hydroxyl groups excluding tert-OH is 2. The van der Waals surface area contributed by atoms with Crippen LogP contribution in [0.1, 0.15) is 271 Å².